The molecule has 0 fully saturated rings. The molecule has 3 nitrogen and oxygen atoms in total. The van der Waals surface area contributed by atoms with Crippen LogP contribution < -0.4 is 10.1 Å². The second-order valence-corrected chi connectivity index (χ2v) is 3.30. The third-order valence-corrected chi connectivity index (χ3v) is 2.28. The number of benzene rings is 1. The number of hydrogen-bond donors (Lipinski definition) is 2. The van der Waals surface area contributed by atoms with Crippen LogP contribution >= 0.6 is 0 Å². The van der Waals surface area contributed by atoms with Gasteiger partial charge in [0.05, 0.1) is 7.11 Å². The Labute approximate surface area is 84.7 Å². The maximum Gasteiger partial charge on any atom is 0.125 e. The summed E-state index contributed by atoms with van der Waals surface area (Å²) in [4.78, 5) is 0. The zero-order valence-electron chi connectivity index (χ0n) is 8.92. The van der Waals surface area contributed by atoms with Crippen molar-refractivity contribution in [2.75, 3.05) is 20.7 Å². The monoisotopic (exact) mass is 195 g/mol. The molecule has 0 unspecified atom stereocenters. The predicted octanol–water partition coefficient (Wildman–Crippen LogP) is 1.47. The normalized spacial score (nSPS) is 10.2. The van der Waals surface area contributed by atoms with Crippen LogP contribution in [0.2, 0.25) is 0 Å². The minimum Gasteiger partial charge on any atom is -0.508 e. The van der Waals surface area contributed by atoms with E-state index in [1.54, 1.807) is 13.2 Å². The first kappa shape index (κ1) is 10.9. The molecule has 0 aromatic heterocycles. The molecule has 0 aliphatic heterocycles. The Balaban J connectivity index is 2.91. The van der Waals surface area contributed by atoms with Crippen molar-refractivity contribution in [1.29, 1.82) is 0 Å². The summed E-state index contributed by atoms with van der Waals surface area (Å²) in [7, 11) is 3.52. The van der Waals surface area contributed by atoms with Crippen LogP contribution in [0.3, 0.4) is 0 Å². The zero-order chi connectivity index (χ0) is 10.6. The highest BCUT2D eigenvalue weighted by molar-refractivity contribution is 5.46. The van der Waals surface area contributed by atoms with Gasteiger partial charge in [-0.15, -0.1) is 0 Å². The standard InChI is InChI=1S/C11H17NO2/c1-8-10(13)6-9(4-5-12-2)7-11(8)14-3/h6-7,12-13H,4-5H2,1-3H3. The van der Waals surface area contributed by atoms with Crippen LogP contribution in [0, 0.1) is 6.92 Å². The largest absolute Gasteiger partial charge is 0.508 e. The fourth-order valence-corrected chi connectivity index (χ4v) is 1.35. The van der Waals surface area contributed by atoms with Crippen LogP contribution in [0.15, 0.2) is 12.1 Å². The Bertz CT molecular complexity index is 310. The van der Waals surface area contributed by atoms with Gasteiger partial charge in [-0.1, -0.05) is 0 Å². The first-order chi connectivity index (χ1) is 6.69. The van der Waals surface area contributed by atoms with Gasteiger partial charge in [0, 0.05) is 5.56 Å². The van der Waals surface area contributed by atoms with E-state index in [1.165, 1.54) is 0 Å². The van der Waals surface area contributed by atoms with Gasteiger partial charge in [0.25, 0.3) is 0 Å². The lowest BCUT2D eigenvalue weighted by Gasteiger charge is -2.09. The summed E-state index contributed by atoms with van der Waals surface area (Å²) in [6, 6.07) is 3.75. The van der Waals surface area contributed by atoms with Gasteiger partial charge in [-0.25, -0.2) is 0 Å². The average molecular weight is 195 g/mol. The van der Waals surface area contributed by atoms with E-state index in [4.69, 9.17) is 4.74 Å². The maximum atomic E-state index is 9.61. The summed E-state index contributed by atoms with van der Waals surface area (Å²) in [5, 5.41) is 12.7. The molecule has 0 saturated carbocycles. The molecule has 1 rings (SSSR count). The van der Waals surface area contributed by atoms with Crippen molar-refractivity contribution in [2.45, 2.75) is 13.3 Å². The highest BCUT2D eigenvalue weighted by atomic mass is 16.5. The van der Waals surface area contributed by atoms with Gasteiger partial charge in [0.15, 0.2) is 0 Å². The molecule has 2 N–H and O–H groups in total. The molecular formula is C11H17NO2. The van der Waals surface area contributed by atoms with Crippen molar-refractivity contribution in [2.24, 2.45) is 0 Å². The summed E-state index contributed by atoms with van der Waals surface area (Å²) in [5.41, 5.74) is 1.88. The number of phenolic OH excluding ortho intramolecular Hbond substituents is 1. The van der Waals surface area contributed by atoms with E-state index >= 15 is 0 Å². The smallest absolute Gasteiger partial charge is 0.125 e. The molecule has 3 heteroatoms. The van der Waals surface area contributed by atoms with Crippen LogP contribution in [0.4, 0.5) is 0 Å². The van der Waals surface area contributed by atoms with E-state index in [0.29, 0.717) is 5.75 Å². The Morgan fingerprint density at radius 3 is 2.71 bits per heavy atom. The fraction of sp³-hybridized carbons (Fsp3) is 0.455. The lowest BCUT2D eigenvalue weighted by atomic mass is 10.1. The number of likely N-dealkylation sites (N-methyl/N-ethyl adjacent to an activating group) is 1. The van der Waals surface area contributed by atoms with Crippen LogP contribution in [0.1, 0.15) is 11.1 Å². The van der Waals surface area contributed by atoms with Crippen LogP contribution in [0.25, 0.3) is 0 Å². The molecule has 0 amide bonds. The predicted molar refractivity (Wildman–Crippen MR) is 57.0 cm³/mol. The molecule has 0 atom stereocenters. The first-order valence-corrected chi connectivity index (χ1v) is 4.70. The third kappa shape index (κ3) is 2.39. The van der Waals surface area contributed by atoms with E-state index in [9.17, 15) is 5.11 Å². The summed E-state index contributed by atoms with van der Waals surface area (Å²) < 4.78 is 5.17. The molecule has 0 aliphatic rings. The Hall–Kier alpha value is -1.22. The van der Waals surface area contributed by atoms with Gasteiger partial charge in [-0.3, -0.25) is 0 Å². The van der Waals surface area contributed by atoms with E-state index in [0.717, 1.165) is 29.8 Å². The van der Waals surface area contributed by atoms with Crippen LogP contribution in [0.5, 0.6) is 11.5 Å². The van der Waals surface area contributed by atoms with E-state index in [2.05, 4.69) is 5.32 Å². The van der Waals surface area contributed by atoms with Crippen molar-refractivity contribution < 1.29 is 9.84 Å². The average Bonchev–Trinajstić information content (AvgIpc) is 2.19. The van der Waals surface area contributed by atoms with Gasteiger partial charge < -0.3 is 15.2 Å². The minimum absolute atomic E-state index is 0.301. The summed E-state index contributed by atoms with van der Waals surface area (Å²) >= 11 is 0. The van der Waals surface area contributed by atoms with Crippen molar-refractivity contribution in [3.8, 4) is 11.5 Å². The number of aromatic hydroxyl groups is 1. The van der Waals surface area contributed by atoms with Gasteiger partial charge in [-0.2, -0.15) is 0 Å². The van der Waals surface area contributed by atoms with Crippen molar-refractivity contribution in [3.63, 3.8) is 0 Å². The zero-order valence-corrected chi connectivity index (χ0v) is 8.92. The number of methoxy groups -OCH3 is 1. The third-order valence-electron chi connectivity index (χ3n) is 2.28. The number of rotatable bonds is 4. The maximum absolute atomic E-state index is 9.61. The second kappa shape index (κ2) is 4.86. The first-order valence-electron chi connectivity index (χ1n) is 4.70. The molecule has 0 aliphatic carbocycles. The van der Waals surface area contributed by atoms with E-state index < -0.39 is 0 Å². The number of nitrogens with one attached hydrogen (secondary N) is 1. The molecule has 0 heterocycles. The number of ether oxygens (including phenoxy) is 1. The van der Waals surface area contributed by atoms with E-state index in [-0.39, 0.29) is 0 Å². The molecular weight excluding hydrogens is 178 g/mol. The van der Waals surface area contributed by atoms with Gasteiger partial charge in [0.2, 0.25) is 0 Å². The summed E-state index contributed by atoms with van der Waals surface area (Å²) in [6.45, 7) is 2.74. The van der Waals surface area contributed by atoms with E-state index in [1.807, 2.05) is 20.0 Å². The Morgan fingerprint density at radius 2 is 2.14 bits per heavy atom. The topological polar surface area (TPSA) is 41.5 Å². The molecule has 78 valence electrons. The molecule has 0 radical (unpaired) electrons. The van der Waals surface area contributed by atoms with Gasteiger partial charge in [-0.05, 0) is 44.6 Å². The van der Waals surface area contributed by atoms with Crippen molar-refractivity contribution in [1.82, 2.24) is 5.32 Å². The molecule has 14 heavy (non-hydrogen) atoms. The number of hydrogen-bond acceptors (Lipinski definition) is 3. The fourth-order valence-electron chi connectivity index (χ4n) is 1.35. The lowest BCUT2D eigenvalue weighted by Crippen LogP contribution is -2.10. The molecule has 1 aromatic rings. The van der Waals surface area contributed by atoms with Crippen molar-refractivity contribution in [3.05, 3.63) is 23.3 Å². The molecule has 0 bridgehead atoms. The van der Waals surface area contributed by atoms with Crippen molar-refractivity contribution >= 4 is 0 Å². The molecule has 0 spiro atoms. The summed E-state index contributed by atoms with van der Waals surface area (Å²) in [6.07, 6.45) is 0.890. The van der Waals surface area contributed by atoms with Crippen LogP contribution in [-0.4, -0.2) is 25.8 Å². The quantitative estimate of drug-likeness (QED) is 0.764. The highest BCUT2D eigenvalue weighted by Crippen LogP contribution is 2.28. The molecule has 0 saturated heterocycles. The Kier molecular flexibility index (Phi) is 3.77. The van der Waals surface area contributed by atoms with Crippen LogP contribution in [-0.2, 0) is 6.42 Å². The SMILES string of the molecule is CNCCc1cc(O)c(C)c(OC)c1. The Morgan fingerprint density at radius 1 is 1.43 bits per heavy atom. The number of phenols is 1. The molecule has 1 aromatic carbocycles. The minimum atomic E-state index is 0.301. The summed E-state index contributed by atoms with van der Waals surface area (Å²) in [5.74, 6) is 1.05. The lowest BCUT2D eigenvalue weighted by molar-refractivity contribution is 0.402. The van der Waals surface area contributed by atoms with Gasteiger partial charge >= 0.3 is 0 Å². The van der Waals surface area contributed by atoms with Gasteiger partial charge in [0.1, 0.15) is 11.5 Å². The second-order valence-electron chi connectivity index (χ2n) is 3.30. The highest BCUT2D eigenvalue weighted by Gasteiger charge is 2.05.